The summed E-state index contributed by atoms with van der Waals surface area (Å²) in [7, 11) is 1.84. The highest BCUT2D eigenvalue weighted by Gasteiger charge is 2.10. The van der Waals surface area contributed by atoms with Gasteiger partial charge in [-0.05, 0) is 42.0 Å². The van der Waals surface area contributed by atoms with Crippen LogP contribution in [0, 0.1) is 0 Å². The Morgan fingerprint density at radius 1 is 1.18 bits per heavy atom. The molecule has 1 amide bonds. The van der Waals surface area contributed by atoms with Crippen molar-refractivity contribution in [3.05, 3.63) is 66.8 Å². The van der Waals surface area contributed by atoms with Crippen molar-refractivity contribution in [2.75, 3.05) is 12.4 Å². The summed E-state index contributed by atoms with van der Waals surface area (Å²) in [5, 5.41) is 4.05. The second kappa shape index (κ2) is 7.32. The van der Waals surface area contributed by atoms with Crippen molar-refractivity contribution in [1.29, 1.82) is 0 Å². The predicted molar refractivity (Wildman–Crippen MR) is 110 cm³/mol. The van der Waals surface area contributed by atoms with Crippen LogP contribution in [0.3, 0.4) is 0 Å². The molecule has 0 bridgehead atoms. The van der Waals surface area contributed by atoms with Crippen LogP contribution in [-0.2, 0) is 4.79 Å². The van der Waals surface area contributed by atoms with Gasteiger partial charge in [0, 0.05) is 48.2 Å². The molecule has 0 aliphatic rings. The first-order valence-electron chi connectivity index (χ1n) is 8.70. The first-order valence-corrected chi connectivity index (χ1v) is 8.70. The van der Waals surface area contributed by atoms with Crippen LogP contribution in [0.5, 0.6) is 0 Å². The zero-order chi connectivity index (χ0) is 19.5. The van der Waals surface area contributed by atoms with Gasteiger partial charge in [0.2, 0.25) is 5.91 Å². The molecule has 4 aromatic heterocycles. The van der Waals surface area contributed by atoms with Crippen molar-refractivity contribution in [2.45, 2.75) is 0 Å². The smallest absolute Gasteiger partial charge is 0.241 e. The van der Waals surface area contributed by atoms with Crippen LogP contribution in [0.4, 0.5) is 5.82 Å². The van der Waals surface area contributed by atoms with E-state index < -0.39 is 5.91 Å². The molecule has 7 heteroatoms. The second-order valence-electron chi connectivity index (χ2n) is 6.19. The Balaban J connectivity index is 1.78. The number of fused-ring (bicyclic) bond motifs is 1. The van der Waals surface area contributed by atoms with Crippen LogP contribution >= 0.6 is 0 Å². The third-order valence-corrected chi connectivity index (χ3v) is 4.34. The largest absolute Gasteiger partial charge is 0.373 e. The lowest BCUT2D eigenvalue weighted by molar-refractivity contribution is -0.113. The maximum absolute atomic E-state index is 10.9. The van der Waals surface area contributed by atoms with Crippen molar-refractivity contribution in [1.82, 2.24) is 19.9 Å². The minimum atomic E-state index is -0.509. The molecule has 0 saturated carbocycles. The van der Waals surface area contributed by atoms with Crippen LogP contribution in [0.1, 0.15) is 5.69 Å². The summed E-state index contributed by atoms with van der Waals surface area (Å²) >= 11 is 0. The zero-order valence-corrected chi connectivity index (χ0v) is 15.2. The maximum Gasteiger partial charge on any atom is 0.241 e. The van der Waals surface area contributed by atoms with Crippen LogP contribution in [0.15, 0.2) is 61.1 Å². The van der Waals surface area contributed by atoms with Gasteiger partial charge in [0.15, 0.2) is 0 Å². The molecular formula is C21H18N6O. The van der Waals surface area contributed by atoms with Crippen LogP contribution < -0.4 is 11.1 Å². The molecule has 0 fully saturated rings. The third kappa shape index (κ3) is 3.45. The van der Waals surface area contributed by atoms with Crippen LogP contribution in [0.2, 0.25) is 0 Å². The summed E-state index contributed by atoms with van der Waals surface area (Å²) in [5.74, 6) is 0.289. The van der Waals surface area contributed by atoms with Gasteiger partial charge < -0.3 is 16.0 Å². The Labute approximate surface area is 161 Å². The van der Waals surface area contributed by atoms with Crippen molar-refractivity contribution >= 4 is 28.8 Å². The SMILES string of the molecule is CNc1cc(-c2c[nH]c3ncc(-c4cccc(C=CC(N)=O)n4)cc23)ccn1. The number of rotatable bonds is 5. The lowest BCUT2D eigenvalue weighted by Crippen LogP contribution is -2.05. The van der Waals surface area contributed by atoms with Gasteiger partial charge in [-0.1, -0.05) is 6.07 Å². The maximum atomic E-state index is 10.9. The number of carbonyl (C=O) groups is 1. The summed E-state index contributed by atoms with van der Waals surface area (Å²) in [4.78, 5) is 27.5. The molecule has 0 aliphatic carbocycles. The Morgan fingerprint density at radius 3 is 2.89 bits per heavy atom. The van der Waals surface area contributed by atoms with E-state index in [9.17, 15) is 4.79 Å². The number of nitrogens with one attached hydrogen (secondary N) is 2. The van der Waals surface area contributed by atoms with E-state index >= 15 is 0 Å². The first-order chi connectivity index (χ1) is 13.6. The minimum absolute atomic E-state index is 0.509. The van der Waals surface area contributed by atoms with Gasteiger partial charge in [-0.15, -0.1) is 0 Å². The van der Waals surface area contributed by atoms with Gasteiger partial charge >= 0.3 is 0 Å². The van der Waals surface area contributed by atoms with E-state index in [-0.39, 0.29) is 0 Å². The number of pyridine rings is 3. The Bertz CT molecular complexity index is 1190. The molecule has 4 aromatic rings. The molecule has 4 rings (SSSR count). The number of aromatic nitrogens is 4. The number of aromatic amines is 1. The topological polar surface area (TPSA) is 110 Å². The molecule has 0 radical (unpaired) electrons. The molecular weight excluding hydrogens is 352 g/mol. The number of anilines is 1. The number of amides is 1. The first kappa shape index (κ1) is 17.4. The number of hydrogen-bond donors (Lipinski definition) is 3. The Kier molecular flexibility index (Phi) is 4.55. The highest BCUT2D eigenvalue weighted by Crippen LogP contribution is 2.31. The number of carbonyl (C=O) groups excluding carboxylic acids is 1. The third-order valence-electron chi connectivity index (χ3n) is 4.34. The fourth-order valence-corrected chi connectivity index (χ4v) is 2.99. The van der Waals surface area contributed by atoms with Gasteiger partial charge in [0.05, 0.1) is 11.4 Å². The number of nitrogens with zero attached hydrogens (tertiary/aromatic N) is 3. The highest BCUT2D eigenvalue weighted by atomic mass is 16.1. The minimum Gasteiger partial charge on any atom is -0.373 e. The molecule has 4 heterocycles. The van der Waals surface area contributed by atoms with Crippen molar-refractivity contribution in [2.24, 2.45) is 5.73 Å². The van der Waals surface area contributed by atoms with Gasteiger partial charge in [0.25, 0.3) is 0 Å². The van der Waals surface area contributed by atoms with Crippen molar-refractivity contribution < 1.29 is 4.79 Å². The molecule has 0 saturated heterocycles. The molecule has 0 spiro atoms. The van der Waals surface area contributed by atoms with E-state index in [0.29, 0.717) is 5.69 Å². The molecule has 0 atom stereocenters. The van der Waals surface area contributed by atoms with E-state index in [4.69, 9.17) is 5.73 Å². The van der Waals surface area contributed by atoms with Gasteiger partial charge in [-0.2, -0.15) is 0 Å². The summed E-state index contributed by atoms with van der Waals surface area (Å²) in [6.45, 7) is 0. The molecule has 0 unspecified atom stereocenters. The van der Waals surface area contributed by atoms with Gasteiger partial charge in [-0.25, -0.2) is 15.0 Å². The molecule has 28 heavy (non-hydrogen) atoms. The average Bonchev–Trinajstić information content (AvgIpc) is 3.16. The van der Waals surface area contributed by atoms with E-state index in [2.05, 4.69) is 31.3 Å². The van der Waals surface area contributed by atoms with E-state index in [1.807, 2.05) is 43.6 Å². The molecule has 4 N–H and O–H groups in total. The molecule has 0 aliphatic heterocycles. The fraction of sp³-hybridized carbons (Fsp3) is 0.0476. The predicted octanol–water partition coefficient (Wildman–Crippen LogP) is 3.23. The standard InChI is InChI=1S/C21H18N6O/c1-23-20-10-13(7-8-24-20)17-12-26-21-16(17)9-14(11-25-21)18-4-2-3-15(27-18)5-6-19(22)28/h2-12H,1H3,(H2,22,28)(H,23,24)(H,25,26). The monoisotopic (exact) mass is 370 g/mol. The summed E-state index contributed by atoms with van der Waals surface area (Å²) in [6, 6.07) is 11.6. The summed E-state index contributed by atoms with van der Waals surface area (Å²) < 4.78 is 0. The van der Waals surface area contributed by atoms with Crippen LogP contribution in [0.25, 0.3) is 39.5 Å². The lowest BCUT2D eigenvalue weighted by Gasteiger charge is -2.05. The second-order valence-corrected chi connectivity index (χ2v) is 6.19. The highest BCUT2D eigenvalue weighted by molar-refractivity contribution is 5.96. The van der Waals surface area contributed by atoms with Gasteiger partial charge in [0.1, 0.15) is 11.5 Å². The van der Waals surface area contributed by atoms with E-state index in [0.717, 1.165) is 39.2 Å². The van der Waals surface area contributed by atoms with Crippen molar-refractivity contribution in [3.8, 4) is 22.4 Å². The Morgan fingerprint density at radius 2 is 2.07 bits per heavy atom. The normalized spacial score (nSPS) is 11.2. The lowest BCUT2D eigenvalue weighted by atomic mass is 10.0. The summed E-state index contributed by atoms with van der Waals surface area (Å²) in [5.41, 5.74) is 10.3. The number of nitrogens with two attached hydrogens (primary N) is 1. The summed E-state index contributed by atoms with van der Waals surface area (Å²) in [6.07, 6.45) is 8.37. The fourth-order valence-electron chi connectivity index (χ4n) is 2.99. The van der Waals surface area contributed by atoms with E-state index in [1.54, 1.807) is 18.5 Å². The zero-order valence-electron chi connectivity index (χ0n) is 15.2. The Hall–Kier alpha value is -4.00. The quantitative estimate of drug-likeness (QED) is 0.467. The average molecular weight is 370 g/mol. The van der Waals surface area contributed by atoms with Gasteiger partial charge in [-0.3, -0.25) is 4.79 Å². The number of hydrogen-bond acceptors (Lipinski definition) is 5. The van der Waals surface area contributed by atoms with E-state index in [1.165, 1.54) is 6.08 Å². The number of H-pyrrole nitrogens is 1. The molecule has 138 valence electrons. The van der Waals surface area contributed by atoms with Crippen molar-refractivity contribution in [3.63, 3.8) is 0 Å². The molecule has 0 aromatic carbocycles. The van der Waals surface area contributed by atoms with Crippen LogP contribution in [-0.4, -0.2) is 32.9 Å². The number of primary amides is 1. The molecule has 7 nitrogen and oxygen atoms in total.